The molecular weight excluding hydrogens is 560 g/mol. The first-order chi connectivity index (χ1) is 19.9. The quantitative estimate of drug-likeness (QED) is 0.260. The number of hydrogen-bond acceptors (Lipinski definition) is 7. The van der Waals surface area contributed by atoms with Gasteiger partial charge in [0.1, 0.15) is 29.3 Å². The smallest absolute Gasteiger partial charge is 0.423 e. The SMILES string of the molecule is CC1(CN2CCN(C(=O)COC3CCC(Nc4ccc([N+](=O)[O-])c(C(F)(F)F)c4)CC3)CC2)Cc2cc(F)ccc2O1. The van der Waals surface area contributed by atoms with Crippen LogP contribution in [0.1, 0.15) is 43.7 Å². The number of nitro benzene ring substituents is 1. The van der Waals surface area contributed by atoms with Gasteiger partial charge in [0.25, 0.3) is 5.69 Å². The number of amides is 1. The van der Waals surface area contributed by atoms with E-state index in [1.807, 2.05) is 6.92 Å². The lowest BCUT2D eigenvalue weighted by Gasteiger charge is -2.38. The lowest BCUT2D eigenvalue weighted by molar-refractivity contribution is -0.388. The fourth-order valence-corrected chi connectivity index (χ4v) is 6.11. The molecule has 228 valence electrons. The van der Waals surface area contributed by atoms with E-state index in [1.54, 1.807) is 11.0 Å². The Morgan fingerprint density at radius 1 is 1.12 bits per heavy atom. The summed E-state index contributed by atoms with van der Waals surface area (Å²) >= 11 is 0. The standard InChI is InChI=1S/C29H34F4N4O5/c1-28(16-19-14-20(30)2-9-26(19)42-28)18-35-10-12-36(13-11-35)27(38)17-41-23-6-3-21(4-7-23)34-22-5-8-25(37(39)40)24(15-22)29(31,32)33/h2,5,8-9,14-15,21,23,34H,3-4,6-7,10-13,16-18H2,1H3. The average molecular weight is 595 g/mol. The Bertz CT molecular complexity index is 1310. The Balaban J connectivity index is 1.02. The van der Waals surface area contributed by atoms with E-state index < -0.39 is 28.0 Å². The van der Waals surface area contributed by atoms with Gasteiger partial charge in [0.2, 0.25) is 5.91 Å². The van der Waals surface area contributed by atoms with Gasteiger partial charge in [-0.25, -0.2) is 4.39 Å². The number of anilines is 1. The lowest BCUT2D eigenvalue weighted by Crippen LogP contribution is -2.54. The molecule has 0 spiro atoms. The van der Waals surface area contributed by atoms with E-state index in [-0.39, 0.29) is 36.2 Å². The molecule has 0 aromatic heterocycles. The van der Waals surface area contributed by atoms with Crippen molar-refractivity contribution >= 4 is 17.3 Å². The molecule has 1 N–H and O–H groups in total. The Kier molecular flexibility index (Phi) is 8.61. The van der Waals surface area contributed by atoms with E-state index in [2.05, 4.69) is 10.2 Å². The predicted octanol–water partition coefficient (Wildman–Crippen LogP) is 5.03. The third-order valence-electron chi connectivity index (χ3n) is 8.21. The first kappa shape index (κ1) is 30.0. The first-order valence-corrected chi connectivity index (χ1v) is 14.1. The van der Waals surface area contributed by atoms with E-state index in [1.165, 1.54) is 18.2 Å². The molecule has 1 saturated carbocycles. The van der Waals surface area contributed by atoms with Crippen molar-refractivity contribution in [2.24, 2.45) is 0 Å². The molecule has 2 aromatic carbocycles. The van der Waals surface area contributed by atoms with Crippen molar-refractivity contribution in [3.8, 4) is 5.75 Å². The van der Waals surface area contributed by atoms with E-state index in [0.29, 0.717) is 64.8 Å². The zero-order valence-electron chi connectivity index (χ0n) is 23.3. The van der Waals surface area contributed by atoms with Gasteiger partial charge >= 0.3 is 6.18 Å². The number of ether oxygens (including phenoxy) is 2. The fourth-order valence-electron chi connectivity index (χ4n) is 6.11. The van der Waals surface area contributed by atoms with Gasteiger partial charge < -0.3 is 19.7 Å². The van der Waals surface area contributed by atoms with Crippen LogP contribution < -0.4 is 10.1 Å². The minimum absolute atomic E-state index is 0.0260. The number of nitro groups is 1. The third kappa shape index (κ3) is 7.12. The van der Waals surface area contributed by atoms with Crippen molar-refractivity contribution in [3.63, 3.8) is 0 Å². The van der Waals surface area contributed by atoms with Gasteiger partial charge in [-0.05, 0) is 62.9 Å². The number of alkyl halides is 3. The maximum atomic E-state index is 13.6. The molecule has 1 amide bonds. The number of carbonyl (C=O) groups excluding carboxylic acids is 1. The zero-order chi connectivity index (χ0) is 30.1. The number of nitrogens with zero attached hydrogens (tertiary/aromatic N) is 3. The van der Waals surface area contributed by atoms with Gasteiger partial charge in [-0.1, -0.05) is 0 Å². The Morgan fingerprint density at radius 3 is 2.50 bits per heavy atom. The van der Waals surface area contributed by atoms with Crippen molar-refractivity contribution < 1.29 is 36.8 Å². The molecule has 2 aromatic rings. The van der Waals surface area contributed by atoms with Crippen LogP contribution in [-0.4, -0.2) is 77.7 Å². The number of piperazine rings is 1. The summed E-state index contributed by atoms with van der Waals surface area (Å²) in [5.74, 6) is 0.370. The highest BCUT2D eigenvalue weighted by atomic mass is 19.4. The molecule has 0 bridgehead atoms. The number of nitrogens with one attached hydrogen (secondary N) is 1. The van der Waals surface area contributed by atoms with Crippen molar-refractivity contribution in [2.45, 2.75) is 63.0 Å². The summed E-state index contributed by atoms with van der Waals surface area (Å²) < 4.78 is 65.4. The molecule has 0 radical (unpaired) electrons. The van der Waals surface area contributed by atoms with Crippen LogP contribution in [0.4, 0.5) is 28.9 Å². The molecule has 1 atom stereocenters. The molecular formula is C29H34F4N4O5. The molecule has 3 aliphatic rings. The molecule has 9 nitrogen and oxygen atoms in total. The van der Waals surface area contributed by atoms with Crippen LogP contribution in [0.15, 0.2) is 36.4 Å². The van der Waals surface area contributed by atoms with Crippen molar-refractivity contribution in [1.82, 2.24) is 9.80 Å². The molecule has 13 heteroatoms. The topological polar surface area (TPSA) is 97.2 Å². The molecule has 2 fully saturated rings. The summed E-state index contributed by atoms with van der Waals surface area (Å²) in [4.78, 5) is 26.8. The summed E-state index contributed by atoms with van der Waals surface area (Å²) in [6, 6.07) is 7.42. The van der Waals surface area contributed by atoms with Crippen LogP contribution >= 0.6 is 0 Å². The highest BCUT2D eigenvalue weighted by Gasteiger charge is 2.39. The number of carbonyl (C=O) groups is 1. The monoisotopic (exact) mass is 594 g/mol. The lowest BCUT2D eigenvalue weighted by atomic mass is 9.92. The Labute approximate surface area is 240 Å². The average Bonchev–Trinajstić information content (AvgIpc) is 3.27. The van der Waals surface area contributed by atoms with Crippen molar-refractivity contribution in [1.29, 1.82) is 0 Å². The number of benzene rings is 2. The Morgan fingerprint density at radius 2 is 1.83 bits per heavy atom. The molecule has 5 rings (SSSR count). The largest absolute Gasteiger partial charge is 0.486 e. The summed E-state index contributed by atoms with van der Waals surface area (Å²) in [6.07, 6.45) is -1.78. The first-order valence-electron chi connectivity index (χ1n) is 14.1. The summed E-state index contributed by atoms with van der Waals surface area (Å²) in [5.41, 5.74) is -1.65. The molecule has 1 unspecified atom stereocenters. The van der Waals surface area contributed by atoms with Crippen LogP contribution in [0.5, 0.6) is 5.75 Å². The minimum atomic E-state index is -4.83. The highest BCUT2D eigenvalue weighted by Crippen LogP contribution is 2.38. The van der Waals surface area contributed by atoms with Gasteiger partial charge in [-0.3, -0.25) is 19.8 Å². The molecule has 2 aliphatic heterocycles. The van der Waals surface area contributed by atoms with E-state index >= 15 is 0 Å². The highest BCUT2D eigenvalue weighted by molar-refractivity contribution is 5.77. The van der Waals surface area contributed by atoms with Crippen LogP contribution in [0, 0.1) is 15.9 Å². The number of hydrogen-bond donors (Lipinski definition) is 1. The fraction of sp³-hybridized carbons (Fsp3) is 0.552. The molecule has 1 aliphatic carbocycles. The van der Waals surface area contributed by atoms with Gasteiger partial charge in [-0.15, -0.1) is 0 Å². The maximum Gasteiger partial charge on any atom is 0.423 e. The second-order valence-electron chi connectivity index (χ2n) is 11.6. The van der Waals surface area contributed by atoms with Crippen LogP contribution in [0.3, 0.4) is 0 Å². The minimum Gasteiger partial charge on any atom is -0.486 e. The second kappa shape index (κ2) is 12.0. The number of rotatable bonds is 8. The van der Waals surface area contributed by atoms with E-state index in [9.17, 15) is 32.5 Å². The zero-order valence-corrected chi connectivity index (χ0v) is 23.3. The van der Waals surface area contributed by atoms with Gasteiger partial charge in [0, 0.05) is 62.5 Å². The van der Waals surface area contributed by atoms with Gasteiger partial charge in [0.15, 0.2) is 0 Å². The van der Waals surface area contributed by atoms with Crippen molar-refractivity contribution in [3.05, 3.63) is 63.5 Å². The van der Waals surface area contributed by atoms with Crippen LogP contribution in [0.25, 0.3) is 0 Å². The Hall–Kier alpha value is -3.45. The second-order valence-corrected chi connectivity index (χ2v) is 11.6. The number of fused-ring (bicyclic) bond motifs is 1. The van der Waals surface area contributed by atoms with Crippen LogP contribution in [-0.2, 0) is 22.1 Å². The van der Waals surface area contributed by atoms with Gasteiger partial charge in [0.05, 0.1) is 11.0 Å². The van der Waals surface area contributed by atoms with E-state index in [4.69, 9.17) is 9.47 Å². The third-order valence-corrected chi connectivity index (χ3v) is 8.21. The molecule has 42 heavy (non-hydrogen) atoms. The summed E-state index contributed by atoms with van der Waals surface area (Å²) in [7, 11) is 0. The van der Waals surface area contributed by atoms with Crippen LogP contribution in [0.2, 0.25) is 0 Å². The maximum absolute atomic E-state index is 13.6. The summed E-state index contributed by atoms with van der Waals surface area (Å²) in [6.45, 7) is 5.22. The summed E-state index contributed by atoms with van der Waals surface area (Å²) in [5, 5.41) is 14.0. The molecule has 1 saturated heterocycles. The van der Waals surface area contributed by atoms with Gasteiger partial charge in [-0.2, -0.15) is 13.2 Å². The van der Waals surface area contributed by atoms with E-state index in [0.717, 1.165) is 23.4 Å². The molecule has 2 heterocycles. The predicted molar refractivity (Wildman–Crippen MR) is 146 cm³/mol. The normalized spacial score (nSPS) is 24.6. The van der Waals surface area contributed by atoms with Crippen molar-refractivity contribution in [2.75, 3.05) is 44.6 Å². The number of halogens is 4.